The maximum Gasteiger partial charge on any atom is 0.00954 e. The van der Waals surface area contributed by atoms with Crippen molar-refractivity contribution >= 4 is 0 Å². The molecule has 1 N–H and O–H groups in total. The highest BCUT2D eigenvalue weighted by Gasteiger charge is 2.25. The number of hydrogen-bond donors (Lipinski definition) is 1. The molecule has 100 valence electrons. The lowest BCUT2D eigenvalue weighted by Gasteiger charge is -2.39. The third-order valence-electron chi connectivity index (χ3n) is 4.77. The lowest BCUT2D eigenvalue weighted by atomic mass is 9.86. The van der Waals surface area contributed by atoms with Gasteiger partial charge in [-0.1, -0.05) is 6.92 Å². The van der Waals surface area contributed by atoms with Crippen LogP contribution in [0, 0.1) is 5.92 Å². The largest absolute Gasteiger partial charge is 0.312 e. The molecule has 2 aliphatic rings. The van der Waals surface area contributed by atoms with E-state index in [2.05, 4.69) is 31.0 Å². The molecule has 1 heterocycles. The molecular formula is C15H30N2. The molecule has 0 aromatic heterocycles. The zero-order chi connectivity index (χ0) is 12.3. The van der Waals surface area contributed by atoms with Gasteiger partial charge in [-0.15, -0.1) is 0 Å². The minimum Gasteiger partial charge on any atom is -0.312 e. The van der Waals surface area contributed by atoms with Gasteiger partial charge in [-0.3, -0.25) is 0 Å². The van der Waals surface area contributed by atoms with E-state index < -0.39 is 0 Å². The van der Waals surface area contributed by atoms with Crippen molar-refractivity contribution in [2.45, 2.75) is 77.4 Å². The molecule has 2 atom stereocenters. The van der Waals surface area contributed by atoms with Gasteiger partial charge in [-0.25, -0.2) is 0 Å². The van der Waals surface area contributed by atoms with E-state index in [1.165, 1.54) is 51.6 Å². The first-order valence-electron chi connectivity index (χ1n) is 7.65. The first kappa shape index (κ1) is 13.4. The molecule has 2 rings (SSSR count). The molecule has 2 nitrogen and oxygen atoms in total. The van der Waals surface area contributed by atoms with Crippen LogP contribution in [0.15, 0.2) is 0 Å². The number of nitrogens with one attached hydrogen (secondary N) is 1. The fourth-order valence-electron chi connectivity index (χ4n) is 3.46. The van der Waals surface area contributed by atoms with Gasteiger partial charge in [-0.2, -0.15) is 0 Å². The van der Waals surface area contributed by atoms with E-state index in [0.29, 0.717) is 12.1 Å². The Labute approximate surface area is 107 Å². The topological polar surface area (TPSA) is 15.3 Å². The summed E-state index contributed by atoms with van der Waals surface area (Å²) < 4.78 is 0. The number of hydrogen-bond acceptors (Lipinski definition) is 2. The number of nitrogens with zero attached hydrogens (tertiary/aromatic N) is 1. The van der Waals surface area contributed by atoms with Crippen LogP contribution in [-0.2, 0) is 0 Å². The van der Waals surface area contributed by atoms with E-state index in [0.717, 1.165) is 12.0 Å². The molecule has 2 unspecified atom stereocenters. The van der Waals surface area contributed by atoms with Crippen LogP contribution in [0.25, 0.3) is 0 Å². The van der Waals surface area contributed by atoms with Gasteiger partial charge in [0, 0.05) is 18.1 Å². The Hall–Kier alpha value is -0.0800. The predicted molar refractivity (Wildman–Crippen MR) is 74.3 cm³/mol. The van der Waals surface area contributed by atoms with Gasteiger partial charge < -0.3 is 10.2 Å². The van der Waals surface area contributed by atoms with Crippen molar-refractivity contribution in [3.05, 3.63) is 0 Å². The first-order valence-corrected chi connectivity index (χ1v) is 7.65. The normalized spacial score (nSPS) is 41.8. The molecule has 1 aliphatic heterocycles. The molecule has 1 saturated heterocycles. The monoisotopic (exact) mass is 238 g/mol. The van der Waals surface area contributed by atoms with E-state index >= 15 is 0 Å². The highest BCUT2D eigenvalue weighted by Crippen LogP contribution is 2.27. The summed E-state index contributed by atoms with van der Waals surface area (Å²) in [5.41, 5.74) is 0. The van der Waals surface area contributed by atoms with Crippen LogP contribution in [0.5, 0.6) is 0 Å². The van der Waals surface area contributed by atoms with Crippen molar-refractivity contribution in [3.63, 3.8) is 0 Å². The molecule has 0 bridgehead atoms. The van der Waals surface area contributed by atoms with Crippen LogP contribution in [0.4, 0.5) is 0 Å². The molecule has 0 radical (unpaired) electrons. The smallest absolute Gasteiger partial charge is 0.00954 e. The van der Waals surface area contributed by atoms with Gasteiger partial charge in [0.05, 0.1) is 0 Å². The Kier molecular flexibility index (Phi) is 4.87. The predicted octanol–water partition coefficient (Wildman–Crippen LogP) is 3.03. The van der Waals surface area contributed by atoms with Crippen LogP contribution >= 0.6 is 0 Å². The molecule has 17 heavy (non-hydrogen) atoms. The van der Waals surface area contributed by atoms with Gasteiger partial charge in [0.1, 0.15) is 0 Å². The average molecular weight is 238 g/mol. The Morgan fingerprint density at radius 1 is 0.765 bits per heavy atom. The van der Waals surface area contributed by atoms with E-state index in [9.17, 15) is 0 Å². The summed E-state index contributed by atoms with van der Waals surface area (Å²) in [6.45, 7) is 9.70. The molecule has 0 amide bonds. The quantitative estimate of drug-likeness (QED) is 0.755. The third-order valence-corrected chi connectivity index (χ3v) is 4.77. The van der Waals surface area contributed by atoms with Crippen LogP contribution in [0.3, 0.4) is 0 Å². The Bertz CT molecular complexity index is 209. The van der Waals surface area contributed by atoms with Crippen molar-refractivity contribution in [1.29, 1.82) is 0 Å². The zero-order valence-corrected chi connectivity index (χ0v) is 11.9. The molecule has 2 heteroatoms. The highest BCUT2D eigenvalue weighted by atomic mass is 15.2. The summed E-state index contributed by atoms with van der Waals surface area (Å²) in [5.74, 6) is 0.973. The highest BCUT2D eigenvalue weighted by molar-refractivity contribution is 4.82. The van der Waals surface area contributed by atoms with E-state index in [1.807, 2.05) is 0 Å². The summed E-state index contributed by atoms with van der Waals surface area (Å²) in [4.78, 5) is 2.79. The van der Waals surface area contributed by atoms with Gasteiger partial charge in [0.2, 0.25) is 0 Å². The van der Waals surface area contributed by atoms with Crippen LogP contribution in [0.1, 0.15) is 59.3 Å². The Balaban J connectivity index is 1.86. The fourth-order valence-corrected chi connectivity index (χ4v) is 3.46. The Morgan fingerprint density at radius 2 is 1.29 bits per heavy atom. The molecule has 2 fully saturated rings. The van der Waals surface area contributed by atoms with Gasteiger partial charge in [0.15, 0.2) is 0 Å². The van der Waals surface area contributed by atoms with Crippen molar-refractivity contribution in [1.82, 2.24) is 10.2 Å². The van der Waals surface area contributed by atoms with Gasteiger partial charge in [-0.05, 0) is 71.4 Å². The second-order valence-corrected chi connectivity index (χ2v) is 6.50. The molecule has 0 aromatic rings. The summed E-state index contributed by atoms with van der Waals surface area (Å²) >= 11 is 0. The fraction of sp³-hybridized carbons (Fsp3) is 1.00. The standard InChI is InChI=1S/C15H30N2/c1-12-4-6-15(7-5-12)17-10-8-13(2)16-14(3)9-11-17/h12-16H,4-11H2,1-3H3. The third kappa shape index (κ3) is 3.96. The van der Waals surface area contributed by atoms with Crippen molar-refractivity contribution in [2.75, 3.05) is 13.1 Å². The molecule has 0 aromatic carbocycles. The lowest BCUT2D eigenvalue weighted by Crippen LogP contribution is -2.47. The summed E-state index contributed by atoms with van der Waals surface area (Å²) in [5, 5.41) is 3.69. The van der Waals surface area contributed by atoms with Crippen LogP contribution < -0.4 is 5.32 Å². The summed E-state index contributed by atoms with van der Waals surface area (Å²) in [7, 11) is 0. The Morgan fingerprint density at radius 3 is 1.82 bits per heavy atom. The average Bonchev–Trinajstić information content (AvgIpc) is 2.28. The summed E-state index contributed by atoms with van der Waals surface area (Å²) in [6, 6.07) is 2.27. The second-order valence-electron chi connectivity index (χ2n) is 6.50. The summed E-state index contributed by atoms with van der Waals surface area (Å²) in [6.07, 6.45) is 8.41. The van der Waals surface area contributed by atoms with Crippen LogP contribution in [-0.4, -0.2) is 36.1 Å². The van der Waals surface area contributed by atoms with E-state index in [1.54, 1.807) is 0 Å². The molecular weight excluding hydrogens is 208 g/mol. The van der Waals surface area contributed by atoms with Crippen molar-refractivity contribution in [3.8, 4) is 0 Å². The van der Waals surface area contributed by atoms with Crippen LogP contribution in [0.2, 0.25) is 0 Å². The zero-order valence-electron chi connectivity index (χ0n) is 11.9. The van der Waals surface area contributed by atoms with Crippen molar-refractivity contribution < 1.29 is 0 Å². The SMILES string of the molecule is CC1CCC(N2CCC(C)NC(C)CC2)CC1. The van der Waals surface area contributed by atoms with Gasteiger partial charge >= 0.3 is 0 Å². The minimum absolute atomic E-state index is 0.690. The first-order chi connectivity index (χ1) is 8.15. The maximum absolute atomic E-state index is 3.69. The molecule has 0 spiro atoms. The molecule has 1 saturated carbocycles. The van der Waals surface area contributed by atoms with Crippen molar-refractivity contribution in [2.24, 2.45) is 5.92 Å². The number of rotatable bonds is 1. The van der Waals surface area contributed by atoms with E-state index in [4.69, 9.17) is 0 Å². The van der Waals surface area contributed by atoms with E-state index in [-0.39, 0.29) is 0 Å². The second kappa shape index (κ2) is 6.19. The maximum atomic E-state index is 3.69. The minimum atomic E-state index is 0.690. The molecule has 1 aliphatic carbocycles. The lowest BCUT2D eigenvalue weighted by molar-refractivity contribution is 0.119. The van der Waals surface area contributed by atoms with Gasteiger partial charge in [0.25, 0.3) is 0 Å².